The van der Waals surface area contributed by atoms with Crippen LogP contribution in [0.15, 0.2) is 12.7 Å². The van der Waals surface area contributed by atoms with E-state index in [2.05, 4.69) is 13.5 Å². The number of carbonyl (C=O) groups excluding carboxylic acids is 1. The zero-order valence-corrected chi connectivity index (χ0v) is 15.9. The molecule has 144 valence electrons. The first-order valence-electron chi connectivity index (χ1n) is 8.88. The number of unbranched alkanes of at least 4 members (excludes halogenated alkanes) is 11. The van der Waals surface area contributed by atoms with E-state index >= 15 is 0 Å². The van der Waals surface area contributed by atoms with Crippen molar-refractivity contribution in [3.63, 3.8) is 0 Å². The van der Waals surface area contributed by atoms with Crippen LogP contribution >= 0.6 is 7.82 Å². The molecular formula is C17H35O6P. The molecule has 0 atom stereocenters. The number of carbonyl (C=O) groups is 1. The van der Waals surface area contributed by atoms with Gasteiger partial charge in [0.05, 0.1) is 6.61 Å². The number of phosphoric acid groups is 1. The summed E-state index contributed by atoms with van der Waals surface area (Å²) in [6, 6.07) is 0. The highest BCUT2D eigenvalue weighted by Crippen LogP contribution is 2.25. The smallest absolute Gasteiger partial charge is 0.463 e. The van der Waals surface area contributed by atoms with E-state index < -0.39 is 7.82 Å². The molecule has 0 aliphatic heterocycles. The molecule has 0 heterocycles. The summed E-state index contributed by atoms with van der Waals surface area (Å²) in [6.07, 6.45) is 17.1. The van der Waals surface area contributed by atoms with Gasteiger partial charge < -0.3 is 19.4 Å². The summed E-state index contributed by atoms with van der Waals surface area (Å²) in [5.41, 5.74) is 0. The molecule has 3 N–H and O–H groups in total. The molecule has 0 spiro atoms. The van der Waals surface area contributed by atoms with Crippen molar-refractivity contribution in [1.82, 2.24) is 0 Å². The molecule has 24 heavy (non-hydrogen) atoms. The summed E-state index contributed by atoms with van der Waals surface area (Å²) in [4.78, 5) is 32.3. The Morgan fingerprint density at radius 3 is 1.54 bits per heavy atom. The number of rotatable bonds is 14. The van der Waals surface area contributed by atoms with Crippen molar-refractivity contribution in [1.29, 1.82) is 0 Å². The molecule has 0 bridgehead atoms. The van der Waals surface area contributed by atoms with E-state index in [-0.39, 0.29) is 5.97 Å². The normalized spacial score (nSPS) is 10.7. The standard InChI is InChI=1S/C17H32O2.H3O4P/c1-3-5-6-7-8-9-10-11-12-13-14-15-16-19-17(18)4-2;1-5(2,3)4/h4H,2-3,5-16H2,1H3;(H3,1,2,3,4). The molecule has 0 saturated heterocycles. The highest BCUT2D eigenvalue weighted by Gasteiger charge is 2.00. The first-order valence-corrected chi connectivity index (χ1v) is 10.4. The molecule has 0 aromatic rings. The van der Waals surface area contributed by atoms with Gasteiger partial charge in [0.2, 0.25) is 0 Å². The van der Waals surface area contributed by atoms with Gasteiger partial charge in [-0.25, -0.2) is 9.36 Å². The topological polar surface area (TPSA) is 104 Å². The molecule has 0 rings (SSSR count). The van der Waals surface area contributed by atoms with Gasteiger partial charge in [0.25, 0.3) is 0 Å². The van der Waals surface area contributed by atoms with E-state index in [0.717, 1.165) is 6.42 Å². The average molecular weight is 366 g/mol. The van der Waals surface area contributed by atoms with Gasteiger partial charge in [0, 0.05) is 6.08 Å². The lowest BCUT2D eigenvalue weighted by molar-refractivity contribution is -0.137. The molecule has 0 aromatic carbocycles. The molecule has 0 saturated carbocycles. The second kappa shape index (κ2) is 18.7. The largest absolute Gasteiger partial charge is 0.466 e. The molecule has 6 nitrogen and oxygen atoms in total. The monoisotopic (exact) mass is 366 g/mol. The van der Waals surface area contributed by atoms with Gasteiger partial charge in [-0.15, -0.1) is 0 Å². The number of ether oxygens (including phenoxy) is 1. The van der Waals surface area contributed by atoms with Gasteiger partial charge in [-0.3, -0.25) is 0 Å². The summed E-state index contributed by atoms with van der Waals surface area (Å²) in [5.74, 6) is -0.303. The summed E-state index contributed by atoms with van der Waals surface area (Å²) in [7, 11) is -4.64. The highest BCUT2D eigenvalue weighted by molar-refractivity contribution is 7.45. The predicted molar refractivity (Wildman–Crippen MR) is 96.5 cm³/mol. The fourth-order valence-corrected chi connectivity index (χ4v) is 2.17. The van der Waals surface area contributed by atoms with Crippen molar-refractivity contribution in [2.45, 2.75) is 84.0 Å². The molecular weight excluding hydrogens is 331 g/mol. The molecule has 0 aromatic heterocycles. The van der Waals surface area contributed by atoms with Crippen LogP contribution in [-0.2, 0) is 14.1 Å². The lowest BCUT2D eigenvalue weighted by Crippen LogP contribution is -2.01. The lowest BCUT2D eigenvalue weighted by Gasteiger charge is -2.03. The summed E-state index contributed by atoms with van der Waals surface area (Å²) >= 11 is 0. The van der Waals surface area contributed by atoms with Crippen LogP contribution in [0.2, 0.25) is 0 Å². The predicted octanol–water partition coefficient (Wildman–Crippen LogP) is 4.49. The minimum Gasteiger partial charge on any atom is -0.463 e. The van der Waals surface area contributed by atoms with Gasteiger partial charge in [-0.05, 0) is 6.42 Å². The molecule has 0 aliphatic rings. The van der Waals surface area contributed by atoms with Crippen molar-refractivity contribution in [3.8, 4) is 0 Å². The van der Waals surface area contributed by atoms with Gasteiger partial charge in [-0.1, -0.05) is 84.1 Å². The third kappa shape index (κ3) is 33.1. The van der Waals surface area contributed by atoms with Crippen molar-refractivity contribution in [2.24, 2.45) is 0 Å². The summed E-state index contributed by atoms with van der Waals surface area (Å²) in [5, 5.41) is 0. The van der Waals surface area contributed by atoms with Crippen LogP contribution < -0.4 is 0 Å². The van der Waals surface area contributed by atoms with Crippen molar-refractivity contribution < 1.29 is 28.8 Å². The lowest BCUT2D eigenvalue weighted by atomic mass is 10.1. The quantitative estimate of drug-likeness (QED) is 0.181. The van der Waals surface area contributed by atoms with E-state index in [1.807, 2.05) is 0 Å². The third-order valence-corrected chi connectivity index (χ3v) is 3.41. The van der Waals surface area contributed by atoms with Crippen molar-refractivity contribution >= 4 is 13.8 Å². The summed E-state index contributed by atoms with van der Waals surface area (Å²) in [6.45, 7) is 6.17. The Balaban J connectivity index is 0. The first-order chi connectivity index (χ1) is 11.3. The molecule has 0 amide bonds. The van der Waals surface area contributed by atoms with Crippen molar-refractivity contribution in [3.05, 3.63) is 12.7 Å². The van der Waals surface area contributed by atoms with Crippen LogP contribution in [0.1, 0.15) is 84.0 Å². The van der Waals surface area contributed by atoms with Crippen LogP contribution in [0, 0.1) is 0 Å². The number of hydrogen-bond donors (Lipinski definition) is 3. The Morgan fingerprint density at radius 2 is 1.21 bits per heavy atom. The van der Waals surface area contributed by atoms with E-state index in [9.17, 15) is 4.79 Å². The molecule has 0 radical (unpaired) electrons. The molecule has 0 unspecified atom stereocenters. The molecule has 0 aliphatic carbocycles. The van der Waals surface area contributed by atoms with Gasteiger partial charge >= 0.3 is 13.8 Å². The van der Waals surface area contributed by atoms with E-state index in [1.165, 1.54) is 76.7 Å². The molecule has 0 fully saturated rings. The van der Waals surface area contributed by atoms with Crippen LogP contribution in [-0.4, -0.2) is 27.3 Å². The second-order valence-electron chi connectivity index (χ2n) is 5.77. The first kappa shape index (κ1) is 25.6. The number of hydrogen-bond acceptors (Lipinski definition) is 3. The average Bonchev–Trinajstić information content (AvgIpc) is 2.50. The van der Waals surface area contributed by atoms with Crippen molar-refractivity contribution in [2.75, 3.05) is 6.61 Å². The Morgan fingerprint density at radius 1 is 0.875 bits per heavy atom. The van der Waals surface area contributed by atoms with Gasteiger partial charge in [-0.2, -0.15) is 0 Å². The fraction of sp³-hybridized carbons (Fsp3) is 0.824. The maximum atomic E-state index is 10.8. The van der Waals surface area contributed by atoms with E-state index in [0.29, 0.717) is 6.61 Å². The SMILES string of the molecule is C=CC(=O)OCCCCCCCCCCCCCC.O=P(O)(O)O. The van der Waals surface area contributed by atoms with Crippen LogP contribution in [0.25, 0.3) is 0 Å². The Kier molecular flexibility index (Phi) is 19.9. The zero-order valence-electron chi connectivity index (χ0n) is 15.0. The molecule has 7 heteroatoms. The summed E-state index contributed by atoms with van der Waals surface area (Å²) < 4.78 is 13.8. The zero-order chi connectivity index (χ0) is 18.7. The minimum absolute atomic E-state index is 0.303. The maximum absolute atomic E-state index is 10.8. The highest BCUT2D eigenvalue weighted by atomic mass is 31.2. The van der Waals surface area contributed by atoms with Crippen LogP contribution in [0.3, 0.4) is 0 Å². The Bertz CT molecular complexity index is 332. The van der Waals surface area contributed by atoms with E-state index in [1.54, 1.807) is 0 Å². The maximum Gasteiger partial charge on any atom is 0.466 e. The van der Waals surface area contributed by atoms with Crippen LogP contribution in [0.4, 0.5) is 0 Å². The minimum atomic E-state index is -4.64. The Hall–Kier alpha value is -0.680. The number of esters is 1. The van der Waals surface area contributed by atoms with E-state index in [4.69, 9.17) is 24.0 Å². The fourth-order valence-electron chi connectivity index (χ4n) is 2.17. The van der Waals surface area contributed by atoms with Gasteiger partial charge in [0.15, 0.2) is 0 Å². The Labute approximate surface area is 146 Å². The third-order valence-electron chi connectivity index (χ3n) is 3.41. The van der Waals surface area contributed by atoms with Gasteiger partial charge in [0.1, 0.15) is 0 Å². The second-order valence-corrected chi connectivity index (χ2v) is 6.80. The van der Waals surface area contributed by atoms with Crippen LogP contribution in [0.5, 0.6) is 0 Å².